The third-order valence-corrected chi connectivity index (χ3v) is 4.72. The molecule has 0 radical (unpaired) electrons. The Labute approximate surface area is 121 Å². The molecule has 0 aromatic heterocycles. The molecule has 1 aromatic carbocycles. The fraction of sp³-hybridized carbons (Fsp3) is 0.588. The minimum Gasteiger partial charge on any atom is -0.411 e. The number of benzene rings is 1. The van der Waals surface area contributed by atoms with Crippen LogP contribution in [0.4, 0.5) is 5.69 Å². The van der Waals surface area contributed by atoms with Crippen LogP contribution in [0.25, 0.3) is 0 Å². The first-order valence-corrected chi connectivity index (χ1v) is 7.94. The molecule has 1 aliphatic heterocycles. The first-order valence-electron chi connectivity index (χ1n) is 7.94. The number of hydrogen-bond acceptors (Lipinski definition) is 3. The summed E-state index contributed by atoms with van der Waals surface area (Å²) in [5, 5.41) is 12.8. The van der Waals surface area contributed by atoms with E-state index in [9.17, 15) is 5.21 Å². The molecule has 1 saturated carbocycles. The molecule has 2 aliphatic rings. The number of anilines is 1. The van der Waals surface area contributed by atoms with E-state index in [0.717, 1.165) is 43.1 Å². The number of nitrogens with zero attached hydrogens (tertiary/aromatic N) is 2. The Hall–Kier alpha value is -1.51. The van der Waals surface area contributed by atoms with Crippen LogP contribution in [0.15, 0.2) is 29.4 Å². The zero-order valence-electron chi connectivity index (χ0n) is 12.1. The molecular weight excluding hydrogens is 248 g/mol. The average Bonchev–Trinajstić information content (AvgIpc) is 2.68. The molecule has 3 nitrogen and oxygen atoms in total. The van der Waals surface area contributed by atoms with Crippen molar-refractivity contribution in [2.45, 2.75) is 44.9 Å². The molecule has 20 heavy (non-hydrogen) atoms. The van der Waals surface area contributed by atoms with Crippen molar-refractivity contribution in [3.63, 3.8) is 0 Å². The summed E-state index contributed by atoms with van der Waals surface area (Å²) >= 11 is 0. The summed E-state index contributed by atoms with van der Waals surface area (Å²) < 4.78 is 0. The van der Waals surface area contributed by atoms with E-state index in [2.05, 4.69) is 28.3 Å². The highest BCUT2D eigenvalue weighted by Gasteiger charge is 2.23. The minimum absolute atomic E-state index is 0.837. The highest BCUT2D eigenvalue weighted by Crippen LogP contribution is 2.30. The van der Waals surface area contributed by atoms with Gasteiger partial charge in [-0.1, -0.05) is 42.6 Å². The number of para-hydroxylation sites is 1. The zero-order chi connectivity index (χ0) is 13.8. The Morgan fingerprint density at radius 2 is 1.90 bits per heavy atom. The molecule has 0 bridgehead atoms. The van der Waals surface area contributed by atoms with Gasteiger partial charge >= 0.3 is 0 Å². The molecule has 0 amide bonds. The van der Waals surface area contributed by atoms with Crippen molar-refractivity contribution in [1.82, 2.24) is 0 Å². The van der Waals surface area contributed by atoms with Crippen LogP contribution >= 0.6 is 0 Å². The predicted octanol–water partition coefficient (Wildman–Crippen LogP) is 4.05. The number of fused-ring (bicyclic) bond motifs is 1. The fourth-order valence-electron chi connectivity index (χ4n) is 3.66. The molecule has 1 heterocycles. The van der Waals surface area contributed by atoms with E-state index in [1.807, 2.05) is 6.07 Å². The van der Waals surface area contributed by atoms with Crippen molar-refractivity contribution in [2.75, 3.05) is 18.0 Å². The summed E-state index contributed by atoms with van der Waals surface area (Å²) in [6.45, 7) is 2.24. The second-order valence-electron chi connectivity index (χ2n) is 6.12. The van der Waals surface area contributed by atoms with Gasteiger partial charge in [0.25, 0.3) is 0 Å². The number of hydrogen-bond donors (Lipinski definition) is 1. The van der Waals surface area contributed by atoms with E-state index in [1.54, 1.807) is 0 Å². The molecule has 0 unspecified atom stereocenters. The largest absolute Gasteiger partial charge is 0.411 e. The van der Waals surface area contributed by atoms with Crippen molar-refractivity contribution in [2.24, 2.45) is 11.1 Å². The van der Waals surface area contributed by atoms with E-state index < -0.39 is 0 Å². The maximum absolute atomic E-state index is 9.24. The Balaban J connectivity index is 1.83. The van der Waals surface area contributed by atoms with Crippen LogP contribution in [0, 0.1) is 5.92 Å². The van der Waals surface area contributed by atoms with Crippen LogP contribution in [0.3, 0.4) is 0 Å². The Kier molecular flexibility index (Phi) is 4.24. The summed E-state index contributed by atoms with van der Waals surface area (Å²) in [5.41, 5.74) is 3.21. The van der Waals surface area contributed by atoms with Gasteiger partial charge in [0.15, 0.2) is 0 Å². The maximum atomic E-state index is 9.24. The Bertz CT molecular complexity index is 478. The second-order valence-corrected chi connectivity index (χ2v) is 6.12. The molecule has 1 N–H and O–H groups in total. The van der Waals surface area contributed by atoms with Gasteiger partial charge in [-0.15, -0.1) is 0 Å². The van der Waals surface area contributed by atoms with Crippen molar-refractivity contribution >= 4 is 11.4 Å². The standard InChI is InChI=1S/C17H24N2O/c20-18-16-10-6-12-19(13-14-7-2-1-3-8-14)17-11-5-4-9-15(16)17/h4-5,9,11,14,20H,1-3,6-8,10,12-13H2/b18-16-. The van der Waals surface area contributed by atoms with Gasteiger partial charge in [0.1, 0.15) is 0 Å². The van der Waals surface area contributed by atoms with Gasteiger partial charge in [-0.2, -0.15) is 0 Å². The minimum atomic E-state index is 0.837. The maximum Gasteiger partial charge on any atom is 0.0889 e. The van der Waals surface area contributed by atoms with Gasteiger partial charge in [0, 0.05) is 24.3 Å². The smallest absolute Gasteiger partial charge is 0.0889 e. The normalized spacial score (nSPS) is 22.6. The molecule has 1 fully saturated rings. The van der Waals surface area contributed by atoms with Gasteiger partial charge in [0.05, 0.1) is 5.71 Å². The Morgan fingerprint density at radius 1 is 1.10 bits per heavy atom. The zero-order valence-corrected chi connectivity index (χ0v) is 12.1. The summed E-state index contributed by atoms with van der Waals surface area (Å²) in [5.74, 6) is 0.837. The topological polar surface area (TPSA) is 35.8 Å². The van der Waals surface area contributed by atoms with Crippen LogP contribution in [0.2, 0.25) is 0 Å². The lowest BCUT2D eigenvalue weighted by molar-refractivity contribution is 0.318. The first kappa shape index (κ1) is 13.5. The van der Waals surface area contributed by atoms with Gasteiger partial charge in [0.2, 0.25) is 0 Å². The molecule has 0 spiro atoms. The van der Waals surface area contributed by atoms with Crippen LogP contribution < -0.4 is 4.90 Å². The van der Waals surface area contributed by atoms with Gasteiger partial charge in [-0.25, -0.2) is 0 Å². The van der Waals surface area contributed by atoms with Crippen LogP contribution in [-0.4, -0.2) is 24.0 Å². The summed E-state index contributed by atoms with van der Waals surface area (Å²) in [4.78, 5) is 2.52. The van der Waals surface area contributed by atoms with E-state index in [4.69, 9.17) is 0 Å². The van der Waals surface area contributed by atoms with E-state index in [0.29, 0.717) is 0 Å². The summed E-state index contributed by atoms with van der Waals surface area (Å²) in [7, 11) is 0. The second kappa shape index (κ2) is 6.29. The van der Waals surface area contributed by atoms with E-state index in [1.165, 1.54) is 37.8 Å². The molecular formula is C17H24N2O. The van der Waals surface area contributed by atoms with Gasteiger partial charge in [-0.3, -0.25) is 0 Å². The van der Waals surface area contributed by atoms with E-state index >= 15 is 0 Å². The lowest BCUT2D eigenvalue weighted by Gasteiger charge is -2.31. The highest BCUT2D eigenvalue weighted by molar-refractivity contribution is 6.05. The van der Waals surface area contributed by atoms with Gasteiger partial charge < -0.3 is 10.1 Å². The lowest BCUT2D eigenvalue weighted by atomic mass is 9.88. The van der Waals surface area contributed by atoms with Crippen molar-refractivity contribution < 1.29 is 5.21 Å². The quantitative estimate of drug-likeness (QED) is 0.651. The fourth-order valence-corrected chi connectivity index (χ4v) is 3.66. The van der Waals surface area contributed by atoms with Gasteiger partial charge in [-0.05, 0) is 37.7 Å². The van der Waals surface area contributed by atoms with Crippen LogP contribution in [0.1, 0.15) is 50.5 Å². The monoisotopic (exact) mass is 272 g/mol. The number of rotatable bonds is 2. The van der Waals surface area contributed by atoms with Crippen molar-refractivity contribution in [1.29, 1.82) is 0 Å². The third-order valence-electron chi connectivity index (χ3n) is 4.72. The molecule has 1 aliphatic carbocycles. The van der Waals surface area contributed by atoms with Crippen molar-refractivity contribution in [3.05, 3.63) is 29.8 Å². The van der Waals surface area contributed by atoms with Crippen LogP contribution in [0.5, 0.6) is 0 Å². The number of oxime groups is 1. The third kappa shape index (κ3) is 2.82. The molecule has 3 rings (SSSR count). The molecule has 108 valence electrons. The average molecular weight is 272 g/mol. The van der Waals surface area contributed by atoms with Crippen molar-refractivity contribution in [3.8, 4) is 0 Å². The predicted molar refractivity (Wildman–Crippen MR) is 82.8 cm³/mol. The highest BCUT2D eigenvalue weighted by atomic mass is 16.4. The Morgan fingerprint density at radius 3 is 2.70 bits per heavy atom. The molecule has 0 saturated heterocycles. The molecule has 0 atom stereocenters. The van der Waals surface area contributed by atoms with Crippen LogP contribution in [-0.2, 0) is 0 Å². The first-order chi connectivity index (χ1) is 9.88. The molecule has 1 aromatic rings. The summed E-state index contributed by atoms with van der Waals surface area (Å²) in [6, 6.07) is 8.39. The lowest BCUT2D eigenvalue weighted by Crippen LogP contribution is -2.31. The summed E-state index contributed by atoms with van der Waals surface area (Å²) in [6.07, 6.45) is 8.89. The molecule has 3 heteroatoms. The van der Waals surface area contributed by atoms with E-state index in [-0.39, 0.29) is 0 Å². The SMILES string of the molecule is O/N=C1/CCCN(CC2CCCCC2)c2ccccc21.